The van der Waals surface area contributed by atoms with E-state index in [4.69, 9.17) is 5.73 Å². The zero-order valence-corrected chi connectivity index (χ0v) is 5.53. The molecule has 0 aliphatic rings. The summed E-state index contributed by atoms with van der Waals surface area (Å²) in [5.74, 6) is -0.456. The second-order valence-corrected chi connectivity index (χ2v) is 2.15. The lowest BCUT2D eigenvalue weighted by Gasteiger charge is -1.94. The molecule has 0 spiro atoms. The van der Waals surface area contributed by atoms with Crippen molar-refractivity contribution >= 4 is 11.3 Å². The fraction of sp³-hybridized carbons (Fsp3) is 0. The van der Waals surface area contributed by atoms with E-state index in [-0.39, 0.29) is 5.65 Å². The van der Waals surface area contributed by atoms with E-state index in [1.54, 1.807) is 0 Å². The number of nitrogen functional groups attached to an aromatic ring is 1. The maximum atomic E-state index is 12.9. The molecule has 0 aliphatic heterocycles. The van der Waals surface area contributed by atoms with Gasteiger partial charge in [0.25, 0.3) is 0 Å². The molecule has 2 aromatic rings. The predicted octanol–water partition coefficient (Wildman–Crippen LogP) is 0.451. The summed E-state index contributed by atoms with van der Waals surface area (Å²) < 4.78 is 14.2. The standard InChI is InChI=1S/C6H5FN4/c7-5-1-4(8)2-11-6(5)9-3-10-11/h1-3H,8H2. The largest absolute Gasteiger partial charge is 0.397 e. The molecule has 0 bridgehead atoms. The topological polar surface area (TPSA) is 56.2 Å². The Morgan fingerprint density at radius 1 is 1.55 bits per heavy atom. The average Bonchev–Trinajstić information content (AvgIpc) is 2.34. The van der Waals surface area contributed by atoms with Gasteiger partial charge >= 0.3 is 0 Å². The molecule has 0 aromatic carbocycles. The summed E-state index contributed by atoms with van der Waals surface area (Å²) in [5, 5.41) is 3.73. The molecule has 0 saturated carbocycles. The number of nitrogens with zero attached hydrogens (tertiary/aromatic N) is 3. The molecular weight excluding hydrogens is 147 g/mol. The fourth-order valence-electron chi connectivity index (χ4n) is 0.905. The van der Waals surface area contributed by atoms with Crippen LogP contribution >= 0.6 is 0 Å². The first kappa shape index (κ1) is 6.09. The SMILES string of the molecule is Nc1cc(F)c2ncnn2c1. The lowest BCUT2D eigenvalue weighted by atomic mass is 10.4. The van der Waals surface area contributed by atoms with Gasteiger partial charge in [0, 0.05) is 6.07 Å². The Hall–Kier alpha value is -1.65. The van der Waals surface area contributed by atoms with Gasteiger partial charge in [0.05, 0.1) is 11.9 Å². The van der Waals surface area contributed by atoms with Crippen molar-refractivity contribution in [1.29, 1.82) is 0 Å². The Kier molecular flexibility index (Phi) is 1.06. The predicted molar refractivity (Wildman–Crippen MR) is 37.4 cm³/mol. The molecule has 0 fully saturated rings. The summed E-state index contributed by atoms with van der Waals surface area (Å²) in [4.78, 5) is 3.68. The molecule has 11 heavy (non-hydrogen) atoms. The van der Waals surface area contributed by atoms with Crippen molar-refractivity contribution < 1.29 is 4.39 Å². The summed E-state index contributed by atoms with van der Waals surface area (Å²) in [6.07, 6.45) is 2.78. The Morgan fingerprint density at radius 2 is 2.36 bits per heavy atom. The van der Waals surface area contributed by atoms with Crippen LogP contribution in [0.15, 0.2) is 18.6 Å². The second-order valence-electron chi connectivity index (χ2n) is 2.15. The van der Waals surface area contributed by atoms with Gasteiger partial charge in [0.1, 0.15) is 6.33 Å². The normalized spacial score (nSPS) is 10.6. The van der Waals surface area contributed by atoms with Crippen molar-refractivity contribution in [2.24, 2.45) is 0 Å². The minimum absolute atomic E-state index is 0.194. The van der Waals surface area contributed by atoms with E-state index >= 15 is 0 Å². The van der Waals surface area contributed by atoms with Crippen molar-refractivity contribution in [2.75, 3.05) is 5.73 Å². The van der Waals surface area contributed by atoms with Crippen LogP contribution in [-0.2, 0) is 0 Å². The third-order valence-electron chi connectivity index (χ3n) is 1.35. The van der Waals surface area contributed by atoms with Gasteiger partial charge in [0.15, 0.2) is 11.5 Å². The van der Waals surface area contributed by atoms with Crippen molar-refractivity contribution in [3.63, 3.8) is 0 Å². The maximum Gasteiger partial charge on any atom is 0.191 e. The van der Waals surface area contributed by atoms with Crippen molar-refractivity contribution in [3.8, 4) is 0 Å². The van der Waals surface area contributed by atoms with Gasteiger partial charge < -0.3 is 5.73 Å². The van der Waals surface area contributed by atoms with Gasteiger partial charge in [-0.05, 0) is 0 Å². The Balaban J connectivity index is 2.91. The number of anilines is 1. The molecule has 0 amide bonds. The number of aromatic nitrogens is 3. The van der Waals surface area contributed by atoms with Crippen molar-refractivity contribution in [1.82, 2.24) is 14.6 Å². The van der Waals surface area contributed by atoms with Crippen LogP contribution in [0.2, 0.25) is 0 Å². The highest BCUT2D eigenvalue weighted by Gasteiger charge is 2.02. The zero-order valence-electron chi connectivity index (χ0n) is 5.53. The summed E-state index contributed by atoms with van der Waals surface area (Å²) in [6, 6.07) is 1.21. The molecule has 4 nitrogen and oxygen atoms in total. The number of hydrogen-bond donors (Lipinski definition) is 1. The van der Waals surface area contributed by atoms with E-state index in [2.05, 4.69) is 10.1 Å². The molecule has 0 saturated heterocycles. The highest BCUT2D eigenvalue weighted by Crippen LogP contribution is 2.09. The van der Waals surface area contributed by atoms with Gasteiger partial charge in [0.2, 0.25) is 0 Å². The smallest absolute Gasteiger partial charge is 0.191 e. The molecule has 0 radical (unpaired) electrons. The molecule has 56 valence electrons. The van der Waals surface area contributed by atoms with E-state index < -0.39 is 5.82 Å². The van der Waals surface area contributed by atoms with Gasteiger partial charge in [-0.1, -0.05) is 0 Å². The van der Waals surface area contributed by atoms with E-state index in [9.17, 15) is 4.39 Å². The lowest BCUT2D eigenvalue weighted by Crippen LogP contribution is -1.94. The molecule has 5 heteroatoms. The van der Waals surface area contributed by atoms with Crippen LogP contribution in [0.5, 0.6) is 0 Å². The number of nitrogens with two attached hydrogens (primary N) is 1. The highest BCUT2D eigenvalue weighted by molar-refractivity contribution is 5.47. The summed E-state index contributed by atoms with van der Waals surface area (Å²) in [6.45, 7) is 0. The zero-order chi connectivity index (χ0) is 7.84. The molecule has 2 rings (SSSR count). The maximum absolute atomic E-state index is 12.9. The molecule has 2 aromatic heterocycles. The molecule has 0 atom stereocenters. The highest BCUT2D eigenvalue weighted by atomic mass is 19.1. The Morgan fingerprint density at radius 3 is 3.18 bits per heavy atom. The minimum Gasteiger partial charge on any atom is -0.397 e. The van der Waals surface area contributed by atoms with Crippen molar-refractivity contribution in [2.45, 2.75) is 0 Å². The van der Waals surface area contributed by atoms with Crippen LogP contribution in [0.4, 0.5) is 10.1 Å². The van der Waals surface area contributed by atoms with Crippen LogP contribution in [0.25, 0.3) is 5.65 Å². The first-order valence-electron chi connectivity index (χ1n) is 3.02. The second kappa shape index (κ2) is 1.91. The quantitative estimate of drug-likeness (QED) is 0.596. The third-order valence-corrected chi connectivity index (χ3v) is 1.35. The summed E-state index contributed by atoms with van der Waals surface area (Å²) in [5.41, 5.74) is 5.88. The molecule has 2 heterocycles. The molecule has 0 aliphatic carbocycles. The van der Waals surface area contributed by atoms with Crippen LogP contribution < -0.4 is 5.73 Å². The monoisotopic (exact) mass is 152 g/mol. The number of pyridine rings is 1. The first-order valence-corrected chi connectivity index (χ1v) is 3.02. The fourth-order valence-corrected chi connectivity index (χ4v) is 0.905. The van der Waals surface area contributed by atoms with Crippen LogP contribution in [-0.4, -0.2) is 14.6 Å². The first-order chi connectivity index (χ1) is 5.27. The van der Waals surface area contributed by atoms with E-state index in [1.165, 1.54) is 23.1 Å². The third kappa shape index (κ3) is 0.813. The van der Waals surface area contributed by atoms with E-state index in [0.29, 0.717) is 5.69 Å². The average molecular weight is 152 g/mol. The van der Waals surface area contributed by atoms with Gasteiger partial charge in [-0.2, -0.15) is 5.10 Å². The van der Waals surface area contributed by atoms with E-state index in [1.807, 2.05) is 0 Å². The number of rotatable bonds is 0. The summed E-state index contributed by atoms with van der Waals surface area (Å²) in [7, 11) is 0. The van der Waals surface area contributed by atoms with Crippen LogP contribution in [0.3, 0.4) is 0 Å². The van der Waals surface area contributed by atoms with Crippen LogP contribution in [0, 0.1) is 5.82 Å². The number of fused-ring (bicyclic) bond motifs is 1. The molecular formula is C6H5FN4. The number of halogens is 1. The van der Waals surface area contributed by atoms with Crippen LogP contribution in [0.1, 0.15) is 0 Å². The lowest BCUT2D eigenvalue weighted by molar-refractivity contribution is 0.628. The number of hydrogen-bond acceptors (Lipinski definition) is 3. The van der Waals surface area contributed by atoms with Gasteiger partial charge in [-0.15, -0.1) is 0 Å². The Bertz CT molecular complexity index is 394. The van der Waals surface area contributed by atoms with Gasteiger partial charge in [-0.3, -0.25) is 0 Å². The molecule has 0 unspecified atom stereocenters. The molecule has 2 N–H and O–H groups in total. The van der Waals surface area contributed by atoms with Gasteiger partial charge in [-0.25, -0.2) is 13.9 Å². The van der Waals surface area contributed by atoms with Crippen molar-refractivity contribution in [3.05, 3.63) is 24.4 Å². The summed E-state index contributed by atoms with van der Waals surface area (Å²) >= 11 is 0. The van der Waals surface area contributed by atoms with E-state index in [0.717, 1.165) is 0 Å². The Labute approximate surface area is 61.5 Å². The minimum atomic E-state index is -0.456.